The van der Waals surface area contributed by atoms with Gasteiger partial charge in [0.2, 0.25) is 5.95 Å². The lowest BCUT2D eigenvalue weighted by Crippen LogP contribution is -2.17. The molecule has 2 rings (SSSR count). The molecule has 0 aliphatic heterocycles. The maximum atomic E-state index is 13.1. The van der Waals surface area contributed by atoms with Gasteiger partial charge in [0.15, 0.2) is 11.6 Å². The standard InChI is InChI=1S/C15H15ClF2N4O.C4H10O2.C2H6/c1-8(23)20-14-10(13(16)21-15(19)22-14)4-2-3-9-5-6-11(17)12(18)7-9;1-4(2-5)3-6;1-2/h2-3,5-8,23H,4H2,1H3,(H3,19,20,21,22);4-6H,2-3H2,1H3;1-2H3/b3-2+;;/t8-;;/m1../s1. The van der Waals surface area contributed by atoms with Crippen molar-refractivity contribution < 1.29 is 24.1 Å². The molecule has 1 aromatic carbocycles. The number of aliphatic hydroxyl groups excluding tert-OH is 3. The van der Waals surface area contributed by atoms with E-state index >= 15 is 0 Å². The predicted molar refractivity (Wildman–Crippen MR) is 121 cm³/mol. The second-order valence-electron chi connectivity index (χ2n) is 6.27. The molecule has 0 saturated carbocycles. The Labute approximate surface area is 186 Å². The molecule has 1 heterocycles. The Morgan fingerprint density at radius 2 is 1.74 bits per heavy atom. The van der Waals surface area contributed by atoms with Gasteiger partial charge in [0.1, 0.15) is 17.2 Å². The summed E-state index contributed by atoms with van der Waals surface area (Å²) in [6, 6.07) is 3.58. The van der Waals surface area contributed by atoms with Gasteiger partial charge in [-0.2, -0.15) is 4.98 Å². The molecule has 31 heavy (non-hydrogen) atoms. The van der Waals surface area contributed by atoms with Crippen LogP contribution in [0.25, 0.3) is 6.08 Å². The van der Waals surface area contributed by atoms with E-state index in [2.05, 4.69) is 15.3 Å². The Hall–Kier alpha value is -2.33. The molecule has 0 amide bonds. The Balaban J connectivity index is 0.000000970. The zero-order chi connectivity index (χ0) is 24.0. The van der Waals surface area contributed by atoms with Gasteiger partial charge in [-0.25, -0.2) is 13.8 Å². The highest BCUT2D eigenvalue weighted by Gasteiger charge is 2.12. The minimum Gasteiger partial charge on any atom is -0.396 e. The maximum Gasteiger partial charge on any atom is 0.223 e. The molecule has 0 unspecified atom stereocenters. The molecule has 0 radical (unpaired) electrons. The first-order chi connectivity index (χ1) is 14.7. The number of hydrogen-bond donors (Lipinski definition) is 5. The van der Waals surface area contributed by atoms with E-state index in [1.165, 1.54) is 13.0 Å². The molecule has 0 spiro atoms. The van der Waals surface area contributed by atoms with Gasteiger partial charge >= 0.3 is 0 Å². The minimum absolute atomic E-state index is 0.0218. The highest BCUT2D eigenvalue weighted by atomic mass is 35.5. The van der Waals surface area contributed by atoms with Crippen molar-refractivity contribution >= 4 is 29.4 Å². The average molecular weight is 461 g/mol. The maximum absolute atomic E-state index is 13.1. The molecule has 0 bridgehead atoms. The summed E-state index contributed by atoms with van der Waals surface area (Å²) in [5, 5.41) is 28.6. The number of allylic oxidation sites excluding steroid dienone is 1. The molecule has 2 aromatic rings. The van der Waals surface area contributed by atoms with Crippen molar-refractivity contribution in [3.63, 3.8) is 0 Å². The third-order valence-corrected chi connectivity index (χ3v) is 3.83. The Morgan fingerprint density at radius 1 is 1.13 bits per heavy atom. The molecule has 1 atom stereocenters. The van der Waals surface area contributed by atoms with Crippen LogP contribution in [0.4, 0.5) is 20.5 Å². The molecule has 1 aromatic heterocycles. The van der Waals surface area contributed by atoms with Crippen LogP contribution in [0.3, 0.4) is 0 Å². The second-order valence-corrected chi connectivity index (χ2v) is 6.63. The van der Waals surface area contributed by atoms with E-state index in [9.17, 15) is 13.9 Å². The van der Waals surface area contributed by atoms with Crippen LogP contribution in [0.5, 0.6) is 0 Å². The monoisotopic (exact) mass is 460 g/mol. The fraction of sp³-hybridized carbons (Fsp3) is 0.429. The number of nitrogens with one attached hydrogen (secondary N) is 1. The number of hydrogen-bond acceptors (Lipinski definition) is 7. The van der Waals surface area contributed by atoms with Gasteiger partial charge < -0.3 is 26.4 Å². The van der Waals surface area contributed by atoms with E-state index < -0.39 is 17.9 Å². The smallest absolute Gasteiger partial charge is 0.223 e. The van der Waals surface area contributed by atoms with Gasteiger partial charge in [0.05, 0.1) is 0 Å². The molecule has 10 heteroatoms. The summed E-state index contributed by atoms with van der Waals surface area (Å²) in [7, 11) is 0. The van der Waals surface area contributed by atoms with Crippen LogP contribution in [0.15, 0.2) is 24.3 Å². The number of nitrogen functional groups attached to an aromatic ring is 1. The lowest BCUT2D eigenvalue weighted by atomic mass is 10.1. The summed E-state index contributed by atoms with van der Waals surface area (Å²) in [5.41, 5.74) is 6.56. The van der Waals surface area contributed by atoms with E-state index in [0.717, 1.165) is 12.1 Å². The molecular formula is C21H31ClF2N4O3. The quantitative estimate of drug-likeness (QED) is 0.315. The molecule has 0 fully saturated rings. The minimum atomic E-state index is -0.919. The third-order valence-electron chi connectivity index (χ3n) is 3.52. The Morgan fingerprint density at radius 3 is 2.23 bits per heavy atom. The van der Waals surface area contributed by atoms with Gasteiger partial charge in [-0.1, -0.05) is 50.6 Å². The summed E-state index contributed by atoms with van der Waals surface area (Å²) in [5.74, 6) is -1.48. The number of anilines is 2. The number of aliphatic hydroxyl groups is 3. The van der Waals surface area contributed by atoms with Crippen molar-refractivity contribution in [3.05, 3.63) is 52.2 Å². The number of aromatic nitrogens is 2. The molecule has 0 saturated heterocycles. The molecule has 7 nitrogen and oxygen atoms in total. The second kappa shape index (κ2) is 15.5. The van der Waals surface area contributed by atoms with Crippen LogP contribution in [0, 0.1) is 17.6 Å². The fourth-order valence-electron chi connectivity index (χ4n) is 1.96. The predicted octanol–water partition coefficient (Wildman–Crippen LogP) is 3.63. The number of nitrogens with two attached hydrogens (primary N) is 1. The van der Waals surface area contributed by atoms with E-state index in [4.69, 9.17) is 27.5 Å². The van der Waals surface area contributed by atoms with Crippen LogP contribution in [0.1, 0.15) is 38.8 Å². The van der Waals surface area contributed by atoms with Gasteiger partial charge in [-0.3, -0.25) is 0 Å². The van der Waals surface area contributed by atoms with Crippen molar-refractivity contribution in [1.29, 1.82) is 0 Å². The van der Waals surface area contributed by atoms with Crippen molar-refractivity contribution in [3.8, 4) is 0 Å². The van der Waals surface area contributed by atoms with Gasteiger partial charge in [-0.15, -0.1) is 0 Å². The largest absolute Gasteiger partial charge is 0.396 e. The van der Waals surface area contributed by atoms with Crippen LogP contribution in [0.2, 0.25) is 5.15 Å². The first-order valence-corrected chi connectivity index (χ1v) is 10.2. The number of rotatable bonds is 7. The summed E-state index contributed by atoms with van der Waals surface area (Å²) in [6.45, 7) is 7.46. The number of benzene rings is 1. The highest BCUT2D eigenvalue weighted by molar-refractivity contribution is 6.30. The third kappa shape index (κ3) is 11.0. The van der Waals surface area contributed by atoms with Crippen molar-refractivity contribution in [2.75, 3.05) is 24.3 Å². The molecular weight excluding hydrogens is 430 g/mol. The van der Waals surface area contributed by atoms with Gasteiger partial charge in [-0.05, 0) is 31.0 Å². The molecule has 0 aliphatic rings. The average Bonchev–Trinajstić information content (AvgIpc) is 2.73. The van der Waals surface area contributed by atoms with Crippen LogP contribution >= 0.6 is 11.6 Å². The van der Waals surface area contributed by atoms with E-state index in [-0.39, 0.29) is 30.2 Å². The van der Waals surface area contributed by atoms with Gasteiger partial charge in [0.25, 0.3) is 0 Å². The van der Waals surface area contributed by atoms with Crippen LogP contribution in [-0.2, 0) is 6.42 Å². The fourth-order valence-corrected chi connectivity index (χ4v) is 2.21. The summed E-state index contributed by atoms with van der Waals surface area (Å²) < 4.78 is 26.0. The molecule has 0 aliphatic carbocycles. The lowest BCUT2D eigenvalue weighted by Gasteiger charge is -2.13. The zero-order valence-electron chi connectivity index (χ0n) is 18.1. The number of halogens is 3. The first kappa shape index (κ1) is 28.7. The van der Waals surface area contributed by atoms with E-state index in [1.807, 2.05) is 13.8 Å². The lowest BCUT2D eigenvalue weighted by molar-refractivity contribution is 0.162. The Bertz CT molecular complexity index is 819. The number of nitrogens with zero attached hydrogens (tertiary/aromatic N) is 2. The summed E-state index contributed by atoms with van der Waals surface area (Å²) in [6.07, 6.45) is 2.77. The van der Waals surface area contributed by atoms with Crippen molar-refractivity contribution in [1.82, 2.24) is 9.97 Å². The van der Waals surface area contributed by atoms with Crippen LogP contribution in [-0.4, -0.2) is 44.7 Å². The van der Waals surface area contributed by atoms with E-state index in [1.54, 1.807) is 19.1 Å². The Kier molecular flexibility index (Phi) is 14.3. The van der Waals surface area contributed by atoms with Crippen molar-refractivity contribution in [2.45, 2.75) is 40.3 Å². The van der Waals surface area contributed by atoms with Crippen molar-refractivity contribution in [2.24, 2.45) is 5.92 Å². The SMILES string of the molecule is CC.CC(CO)CO.C[C@@H](O)Nc1nc(N)nc(Cl)c1C/C=C/c1ccc(F)c(F)c1. The highest BCUT2D eigenvalue weighted by Crippen LogP contribution is 2.24. The molecule has 6 N–H and O–H groups in total. The summed E-state index contributed by atoms with van der Waals surface area (Å²) >= 11 is 6.05. The van der Waals surface area contributed by atoms with Gasteiger partial charge in [0, 0.05) is 24.7 Å². The first-order valence-electron chi connectivity index (χ1n) is 9.77. The topological polar surface area (TPSA) is 125 Å². The normalized spacial score (nSPS) is 11.5. The zero-order valence-corrected chi connectivity index (χ0v) is 18.9. The summed E-state index contributed by atoms with van der Waals surface area (Å²) in [4.78, 5) is 7.85. The van der Waals surface area contributed by atoms with Crippen LogP contribution < -0.4 is 11.1 Å². The van der Waals surface area contributed by atoms with E-state index in [0.29, 0.717) is 23.4 Å². The molecule has 174 valence electrons.